The molecule has 0 spiro atoms. The van der Waals surface area contributed by atoms with Gasteiger partial charge < -0.3 is 19.5 Å². The lowest BCUT2D eigenvalue weighted by Gasteiger charge is -2.28. The van der Waals surface area contributed by atoms with Crippen LogP contribution >= 0.6 is 0 Å². The number of aryl methyl sites for hydroxylation is 1. The number of ether oxygens (including phenoxy) is 3. The van der Waals surface area contributed by atoms with Crippen LogP contribution in [0, 0.1) is 5.41 Å². The molecular weight excluding hydrogens is 378 g/mol. The molecule has 0 aromatic heterocycles. The van der Waals surface area contributed by atoms with Crippen molar-refractivity contribution in [3.63, 3.8) is 0 Å². The summed E-state index contributed by atoms with van der Waals surface area (Å²) in [6, 6.07) is 10.2. The fourth-order valence-electron chi connectivity index (χ4n) is 3.90. The molecule has 0 saturated carbocycles. The largest absolute Gasteiger partial charge is 0.493 e. The minimum absolute atomic E-state index is 0.211. The van der Waals surface area contributed by atoms with Gasteiger partial charge in [-0.15, -0.1) is 0 Å². The monoisotopic (exact) mass is 411 g/mol. The van der Waals surface area contributed by atoms with E-state index in [2.05, 4.69) is 24.4 Å². The summed E-state index contributed by atoms with van der Waals surface area (Å²) < 4.78 is 16.6. The van der Waals surface area contributed by atoms with E-state index < -0.39 is 5.41 Å². The molecule has 0 bridgehead atoms. The quantitative estimate of drug-likeness (QED) is 0.512. The topological polar surface area (TPSA) is 56.8 Å². The zero-order valence-electron chi connectivity index (χ0n) is 18.9. The molecule has 0 unspecified atom stereocenters. The van der Waals surface area contributed by atoms with Crippen molar-refractivity contribution in [3.8, 4) is 17.2 Å². The van der Waals surface area contributed by atoms with E-state index in [1.54, 1.807) is 14.2 Å². The maximum absolute atomic E-state index is 12.2. The van der Waals surface area contributed by atoms with Crippen LogP contribution in [0.25, 0.3) is 0 Å². The molecule has 5 heteroatoms. The van der Waals surface area contributed by atoms with Crippen LogP contribution < -0.4 is 19.5 Å². The van der Waals surface area contributed by atoms with E-state index >= 15 is 0 Å². The van der Waals surface area contributed by atoms with Crippen LogP contribution in [-0.4, -0.2) is 26.7 Å². The molecule has 5 nitrogen and oxygen atoms in total. The van der Waals surface area contributed by atoms with Crippen molar-refractivity contribution in [3.05, 3.63) is 47.0 Å². The average molecular weight is 412 g/mol. The van der Waals surface area contributed by atoms with E-state index in [1.165, 1.54) is 16.7 Å². The van der Waals surface area contributed by atoms with E-state index in [4.69, 9.17) is 14.2 Å². The Balaban J connectivity index is 1.85. The van der Waals surface area contributed by atoms with Crippen LogP contribution in [0.3, 0.4) is 0 Å². The SMILES string of the molecule is CCNc1cc(OC)c(OC)cc1[C@@H]1CCc2cc(OC(=O)C(C)(C)C)ccc2C1. The highest BCUT2D eigenvalue weighted by atomic mass is 16.5. The van der Waals surface area contributed by atoms with Crippen LogP contribution in [0.2, 0.25) is 0 Å². The fraction of sp³-hybridized carbons (Fsp3) is 0.480. The van der Waals surface area contributed by atoms with E-state index in [0.717, 1.165) is 43.0 Å². The summed E-state index contributed by atoms with van der Waals surface area (Å²) in [5, 5.41) is 3.48. The minimum Gasteiger partial charge on any atom is -0.493 e. The normalized spacial score (nSPS) is 15.9. The summed E-state index contributed by atoms with van der Waals surface area (Å²) in [6.07, 6.45) is 2.91. The Labute approximate surface area is 179 Å². The van der Waals surface area contributed by atoms with Gasteiger partial charge in [0, 0.05) is 18.3 Å². The first-order valence-electron chi connectivity index (χ1n) is 10.6. The van der Waals surface area contributed by atoms with Crippen LogP contribution in [-0.2, 0) is 17.6 Å². The summed E-state index contributed by atoms with van der Waals surface area (Å²) in [7, 11) is 3.33. The maximum Gasteiger partial charge on any atom is 0.316 e. The lowest BCUT2D eigenvalue weighted by atomic mass is 9.79. The number of nitrogens with one attached hydrogen (secondary N) is 1. The highest BCUT2D eigenvalue weighted by Gasteiger charge is 2.26. The third-order valence-corrected chi connectivity index (χ3v) is 5.59. The molecule has 162 valence electrons. The van der Waals surface area contributed by atoms with Crippen molar-refractivity contribution in [1.82, 2.24) is 0 Å². The summed E-state index contributed by atoms with van der Waals surface area (Å²) in [4.78, 5) is 12.2. The summed E-state index contributed by atoms with van der Waals surface area (Å²) in [5.41, 5.74) is 4.40. The number of methoxy groups -OCH3 is 2. The van der Waals surface area contributed by atoms with Crippen molar-refractivity contribution in [2.45, 2.75) is 52.9 Å². The number of hydrogen-bond donors (Lipinski definition) is 1. The Kier molecular flexibility index (Phi) is 6.59. The van der Waals surface area contributed by atoms with Crippen molar-refractivity contribution in [2.24, 2.45) is 5.41 Å². The standard InChI is InChI=1S/C25H33NO4/c1-7-26-21-15-23(29-6)22(28-5)14-20(21)18-9-8-17-13-19(11-10-16(17)12-18)30-24(27)25(2,3)4/h10-11,13-15,18,26H,7-9,12H2,1-6H3/t18-/m1/s1. The Morgan fingerprint density at radius 3 is 2.40 bits per heavy atom. The highest BCUT2D eigenvalue weighted by Crippen LogP contribution is 2.42. The number of fused-ring (bicyclic) bond motifs is 1. The number of esters is 1. The second-order valence-electron chi connectivity index (χ2n) is 8.83. The third-order valence-electron chi connectivity index (χ3n) is 5.59. The smallest absolute Gasteiger partial charge is 0.316 e. The first-order chi connectivity index (χ1) is 14.3. The van der Waals surface area contributed by atoms with Gasteiger partial charge in [-0.25, -0.2) is 0 Å². The molecule has 1 aliphatic carbocycles. The van der Waals surface area contributed by atoms with Gasteiger partial charge in [0.2, 0.25) is 0 Å². The lowest BCUT2D eigenvalue weighted by molar-refractivity contribution is -0.143. The number of carbonyl (C=O) groups excluding carboxylic acids is 1. The number of hydrogen-bond acceptors (Lipinski definition) is 5. The van der Waals surface area contributed by atoms with E-state index in [1.807, 2.05) is 39.0 Å². The lowest BCUT2D eigenvalue weighted by Crippen LogP contribution is -2.25. The molecule has 0 fully saturated rings. The zero-order valence-corrected chi connectivity index (χ0v) is 18.9. The molecule has 3 rings (SSSR count). The van der Waals surface area contributed by atoms with Gasteiger partial charge in [0.15, 0.2) is 11.5 Å². The fourth-order valence-corrected chi connectivity index (χ4v) is 3.90. The number of anilines is 1. The highest BCUT2D eigenvalue weighted by molar-refractivity contribution is 5.78. The van der Waals surface area contributed by atoms with Gasteiger partial charge in [-0.1, -0.05) is 6.07 Å². The van der Waals surface area contributed by atoms with Gasteiger partial charge in [0.05, 0.1) is 19.6 Å². The van der Waals surface area contributed by atoms with Crippen molar-refractivity contribution in [1.29, 1.82) is 0 Å². The molecule has 0 saturated heterocycles. The molecule has 0 aliphatic heterocycles. The minimum atomic E-state index is -0.517. The molecule has 0 amide bonds. The van der Waals surface area contributed by atoms with Crippen LogP contribution in [0.4, 0.5) is 5.69 Å². The second-order valence-corrected chi connectivity index (χ2v) is 8.83. The van der Waals surface area contributed by atoms with E-state index in [-0.39, 0.29) is 5.97 Å². The van der Waals surface area contributed by atoms with Crippen LogP contribution in [0.5, 0.6) is 17.2 Å². The molecule has 30 heavy (non-hydrogen) atoms. The number of carbonyl (C=O) groups is 1. The Hall–Kier alpha value is -2.69. The Morgan fingerprint density at radius 2 is 1.77 bits per heavy atom. The molecule has 0 heterocycles. The molecule has 0 radical (unpaired) electrons. The van der Waals surface area contributed by atoms with Gasteiger partial charge in [-0.05, 0) is 87.8 Å². The van der Waals surface area contributed by atoms with Crippen molar-refractivity contribution in [2.75, 3.05) is 26.1 Å². The van der Waals surface area contributed by atoms with Gasteiger partial charge in [-0.2, -0.15) is 0 Å². The zero-order chi connectivity index (χ0) is 21.9. The molecule has 2 aromatic carbocycles. The van der Waals surface area contributed by atoms with E-state index in [0.29, 0.717) is 11.7 Å². The number of benzene rings is 2. The molecular formula is C25H33NO4. The summed E-state index contributed by atoms with van der Waals surface area (Å²) in [6.45, 7) is 8.53. The second kappa shape index (κ2) is 8.99. The van der Waals surface area contributed by atoms with Crippen LogP contribution in [0.1, 0.15) is 56.7 Å². The first kappa shape index (κ1) is 22.0. The van der Waals surface area contributed by atoms with E-state index in [9.17, 15) is 4.79 Å². The molecule has 2 aromatic rings. The predicted molar refractivity (Wildman–Crippen MR) is 120 cm³/mol. The summed E-state index contributed by atoms with van der Waals surface area (Å²) in [5.74, 6) is 2.29. The Morgan fingerprint density at radius 1 is 1.07 bits per heavy atom. The average Bonchev–Trinajstić information content (AvgIpc) is 2.72. The molecule has 1 aliphatic rings. The van der Waals surface area contributed by atoms with Crippen LogP contribution in [0.15, 0.2) is 30.3 Å². The first-order valence-corrected chi connectivity index (χ1v) is 10.6. The maximum atomic E-state index is 12.2. The molecule has 1 N–H and O–H groups in total. The van der Waals surface area contributed by atoms with Gasteiger partial charge in [0.1, 0.15) is 5.75 Å². The molecule has 1 atom stereocenters. The van der Waals surface area contributed by atoms with Gasteiger partial charge in [0.25, 0.3) is 0 Å². The summed E-state index contributed by atoms with van der Waals surface area (Å²) >= 11 is 0. The van der Waals surface area contributed by atoms with Crippen molar-refractivity contribution >= 4 is 11.7 Å². The predicted octanol–water partition coefficient (Wildman–Crippen LogP) is 5.36. The number of rotatable bonds is 6. The van der Waals surface area contributed by atoms with Crippen molar-refractivity contribution < 1.29 is 19.0 Å². The Bertz CT molecular complexity index is 914. The van der Waals surface area contributed by atoms with Gasteiger partial charge in [-0.3, -0.25) is 4.79 Å². The third kappa shape index (κ3) is 4.72. The van der Waals surface area contributed by atoms with Gasteiger partial charge >= 0.3 is 5.97 Å².